The number of fused-ring (bicyclic) bond motifs is 18. The molecule has 0 radical (unpaired) electrons. The van der Waals surface area contributed by atoms with Gasteiger partial charge < -0.3 is 64.2 Å². The van der Waals surface area contributed by atoms with Gasteiger partial charge in [0, 0.05) is 127 Å². The number of nitrogens with one attached hydrogen (secondary N) is 6. The number of aromatic hydroxyl groups is 1. The zero-order valence-electron chi connectivity index (χ0n) is 57.7. The highest BCUT2D eigenvalue weighted by molar-refractivity contribution is 6.14. The SMILES string of the molecule is COc1cc(C=O)cc2c1[nH]c1ccccc12.COc1cc(CO)cc2c1[nH]c1ccccc12.COc1cc(COC(C)=O)cc2c1[nH]c1ccccc12.Cc1cc2[nH]c3ccc(CO)cc3c2cc1C.Cc1ccc2[nH]c3ccc(C)cc3c2c1.O=Cc1cc(O)c2[nH]c3ccccc3c2c1. The van der Waals surface area contributed by atoms with Gasteiger partial charge in [-0.15, -0.1) is 0 Å². The average molecular weight is 1350 g/mol. The molecule has 0 saturated carbocycles. The van der Waals surface area contributed by atoms with Crippen LogP contribution in [0, 0.1) is 27.7 Å². The first-order valence-corrected chi connectivity index (χ1v) is 33.3. The second-order valence-corrected chi connectivity index (χ2v) is 25.3. The van der Waals surface area contributed by atoms with Crippen LogP contribution in [0.2, 0.25) is 0 Å². The van der Waals surface area contributed by atoms with Gasteiger partial charge in [0.25, 0.3) is 0 Å². The summed E-state index contributed by atoms with van der Waals surface area (Å²) >= 11 is 0. The molecule has 0 aliphatic carbocycles. The number of hydrogen-bond donors (Lipinski definition) is 9. The largest absolute Gasteiger partial charge is 0.506 e. The highest BCUT2D eigenvalue weighted by Gasteiger charge is 2.16. The van der Waals surface area contributed by atoms with Crippen molar-refractivity contribution in [1.29, 1.82) is 0 Å². The van der Waals surface area contributed by atoms with Gasteiger partial charge in [-0.3, -0.25) is 14.4 Å². The number of aldehydes is 2. The fraction of sp³-hybridized carbons (Fsp3) is 0.128. The highest BCUT2D eigenvalue weighted by Crippen LogP contribution is 2.38. The van der Waals surface area contributed by atoms with Crippen molar-refractivity contribution in [3.05, 3.63) is 262 Å². The Hall–Kier alpha value is -12.6. The highest BCUT2D eigenvalue weighted by atomic mass is 16.5. The maximum atomic E-state index is 10.9. The minimum atomic E-state index is -0.289. The number of phenolic OH excluding ortho intramolecular Hbond substituents is 1. The third-order valence-electron chi connectivity index (χ3n) is 18.4. The summed E-state index contributed by atoms with van der Waals surface area (Å²) in [5.41, 5.74) is 21.5. The number of aliphatic hydroxyl groups is 2. The van der Waals surface area contributed by atoms with Gasteiger partial charge in [-0.05, 0) is 177 Å². The van der Waals surface area contributed by atoms with Crippen molar-refractivity contribution in [1.82, 2.24) is 29.9 Å². The minimum absolute atomic E-state index is 0.0196. The number of carbonyl (C=O) groups excluding carboxylic acids is 3. The molecule has 12 aromatic carbocycles. The number of benzene rings is 12. The summed E-state index contributed by atoms with van der Waals surface area (Å²) in [6, 6.07) is 70.1. The molecule has 18 aromatic rings. The molecule has 0 fully saturated rings. The van der Waals surface area contributed by atoms with E-state index in [0.29, 0.717) is 22.4 Å². The Morgan fingerprint density at radius 2 is 0.716 bits per heavy atom. The van der Waals surface area contributed by atoms with E-state index >= 15 is 0 Å². The molecule has 510 valence electrons. The lowest BCUT2D eigenvalue weighted by atomic mass is 10.0. The van der Waals surface area contributed by atoms with Crippen LogP contribution in [0.25, 0.3) is 131 Å². The number of rotatable bonds is 9. The predicted octanol–water partition coefficient (Wildman–Crippen LogP) is 19.6. The standard InChI is InChI=1S/C16H15NO3.C15H15NO.C14H13NO2.C14H11NO2.C14H13N.C13H9NO2/c1-10(18)20-9-11-7-13-12-5-3-4-6-14(12)17-16(13)15(8-11)19-2;1-9-5-12-13-7-11(8-17)3-4-14(13)16-15(12)6-10(9)2;2*1-17-13-7-9(8-16)6-11-10-4-2-3-5-12(10)15-14(11)13;1-9-3-5-13-11(7-9)12-8-10(2)4-6-14(12)15-13;15-7-8-5-10-9-3-1-2-4-11(9)14-13(10)12(16)6-8/h3-8,17H,9H2,1-2H3;3-7,16-17H,8H2,1-2H3;2-7,15-16H,8H2,1H3;2-8,15H,1H3;3-8,15H,1-2H3;1-7,14,16H. The summed E-state index contributed by atoms with van der Waals surface area (Å²) in [4.78, 5) is 52.6. The second kappa shape index (κ2) is 29.4. The van der Waals surface area contributed by atoms with Gasteiger partial charge >= 0.3 is 5.97 Å². The molecule has 0 spiro atoms. The van der Waals surface area contributed by atoms with Gasteiger partial charge in [0.1, 0.15) is 42.2 Å². The monoisotopic (exact) mass is 1350 g/mol. The van der Waals surface area contributed by atoms with E-state index < -0.39 is 0 Å². The fourth-order valence-corrected chi connectivity index (χ4v) is 13.3. The Morgan fingerprint density at radius 1 is 0.353 bits per heavy atom. The van der Waals surface area contributed by atoms with Crippen molar-refractivity contribution in [3.8, 4) is 23.0 Å². The number of phenols is 1. The molecule has 0 amide bonds. The lowest BCUT2D eigenvalue weighted by Crippen LogP contribution is -1.99. The van der Waals surface area contributed by atoms with Gasteiger partial charge in [0.15, 0.2) is 0 Å². The Morgan fingerprint density at radius 3 is 1.19 bits per heavy atom. The Labute approximate surface area is 586 Å². The molecule has 0 aliphatic rings. The average Bonchev–Trinajstić information content (AvgIpc) is 1.66. The Bertz CT molecular complexity index is 6130. The number of hydrogen-bond acceptors (Lipinski definition) is 10. The maximum absolute atomic E-state index is 10.9. The quantitative estimate of drug-likeness (QED) is 0.0489. The third-order valence-corrected chi connectivity index (χ3v) is 18.4. The van der Waals surface area contributed by atoms with Crippen LogP contribution in [-0.2, 0) is 29.4 Å². The van der Waals surface area contributed by atoms with E-state index in [4.69, 9.17) is 18.9 Å². The van der Waals surface area contributed by atoms with Crippen LogP contribution in [0.4, 0.5) is 0 Å². The number of esters is 1. The number of H-pyrrole nitrogens is 6. The minimum Gasteiger partial charge on any atom is -0.506 e. The number of aryl methyl sites for hydroxylation is 4. The number of aliphatic hydroxyl groups excluding tert-OH is 2. The van der Waals surface area contributed by atoms with Crippen molar-refractivity contribution in [3.63, 3.8) is 0 Å². The van der Waals surface area contributed by atoms with Crippen LogP contribution in [0.5, 0.6) is 23.0 Å². The van der Waals surface area contributed by atoms with Crippen molar-refractivity contribution >= 4 is 149 Å². The van der Waals surface area contributed by atoms with Crippen molar-refractivity contribution < 1.29 is 48.7 Å². The molecule has 18 rings (SSSR count). The number of para-hydroxylation sites is 4. The zero-order chi connectivity index (χ0) is 71.3. The summed E-state index contributed by atoms with van der Waals surface area (Å²) in [5, 5.41) is 41.8. The van der Waals surface area contributed by atoms with Crippen LogP contribution >= 0.6 is 0 Å². The van der Waals surface area contributed by atoms with Crippen molar-refractivity contribution in [2.75, 3.05) is 21.3 Å². The van der Waals surface area contributed by atoms with E-state index in [1.165, 1.54) is 67.8 Å². The smallest absolute Gasteiger partial charge is 0.302 e. The number of aromatic amines is 6. The molecule has 102 heavy (non-hydrogen) atoms. The van der Waals surface area contributed by atoms with Gasteiger partial charge in [-0.2, -0.15) is 0 Å². The third kappa shape index (κ3) is 13.8. The van der Waals surface area contributed by atoms with Crippen LogP contribution < -0.4 is 14.2 Å². The topological polar surface area (TPSA) is 244 Å². The molecular weight excluding hydrogens is 1280 g/mol. The lowest BCUT2D eigenvalue weighted by Gasteiger charge is -2.07. The van der Waals surface area contributed by atoms with E-state index in [1.54, 1.807) is 33.5 Å². The summed E-state index contributed by atoms with van der Waals surface area (Å²) in [6.07, 6.45) is 1.57. The first-order chi connectivity index (χ1) is 49.6. The second-order valence-electron chi connectivity index (χ2n) is 25.3. The molecular formula is C86H76N6O10. The molecule has 0 atom stereocenters. The molecule has 6 aromatic heterocycles. The van der Waals surface area contributed by atoms with Gasteiger partial charge in [0.05, 0.1) is 56.6 Å². The normalized spacial score (nSPS) is 11.1. The van der Waals surface area contributed by atoms with E-state index in [9.17, 15) is 29.7 Å². The van der Waals surface area contributed by atoms with E-state index in [-0.39, 0.29) is 31.5 Å². The Kier molecular flexibility index (Phi) is 19.6. The van der Waals surface area contributed by atoms with Crippen molar-refractivity contribution in [2.45, 2.75) is 54.4 Å². The lowest BCUT2D eigenvalue weighted by molar-refractivity contribution is -0.142. The van der Waals surface area contributed by atoms with Crippen LogP contribution in [-0.4, -0.2) is 85.1 Å². The summed E-state index contributed by atoms with van der Waals surface area (Å²) in [6.45, 7) is 10.3. The molecule has 16 heteroatoms. The van der Waals surface area contributed by atoms with E-state index in [2.05, 4.69) is 124 Å². The molecule has 0 unspecified atom stereocenters. The van der Waals surface area contributed by atoms with Crippen molar-refractivity contribution in [2.24, 2.45) is 0 Å². The van der Waals surface area contributed by atoms with Crippen LogP contribution in [0.1, 0.15) is 66.6 Å². The Balaban J connectivity index is 0.000000109. The number of carbonyl (C=O) groups is 3. The molecule has 0 bridgehead atoms. The molecule has 16 nitrogen and oxygen atoms in total. The molecule has 9 N–H and O–H groups in total. The number of ether oxygens (including phenoxy) is 4. The first kappa shape index (κ1) is 67.9. The summed E-state index contributed by atoms with van der Waals surface area (Å²) < 4.78 is 21.2. The molecule has 0 aliphatic heterocycles. The van der Waals surface area contributed by atoms with Crippen LogP contribution in [0.3, 0.4) is 0 Å². The fourth-order valence-electron chi connectivity index (χ4n) is 13.3. The first-order valence-electron chi connectivity index (χ1n) is 33.3. The zero-order valence-corrected chi connectivity index (χ0v) is 57.7. The van der Waals surface area contributed by atoms with Gasteiger partial charge in [0.2, 0.25) is 0 Å². The summed E-state index contributed by atoms with van der Waals surface area (Å²) in [7, 11) is 4.88. The van der Waals surface area contributed by atoms with E-state index in [1.807, 2.05) is 127 Å². The van der Waals surface area contributed by atoms with E-state index in [0.717, 1.165) is 134 Å². The van der Waals surface area contributed by atoms with Gasteiger partial charge in [-0.25, -0.2) is 0 Å². The number of methoxy groups -OCH3 is 3. The molecule has 0 saturated heterocycles. The summed E-state index contributed by atoms with van der Waals surface area (Å²) in [5.74, 6) is 2.03. The maximum Gasteiger partial charge on any atom is 0.302 e. The number of aromatic nitrogens is 6. The predicted molar refractivity (Wildman–Crippen MR) is 413 cm³/mol. The van der Waals surface area contributed by atoms with Crippen LogP contribution in [0.15, 0.2) is 212 Å². The van der Waals surface area contributed by atoms with Gasteiger partial charge in [-0.1, -0.05) is 102 Å². The molecule has 6 heterocycles.